The first kappa shape index (κ1) is 19.5. The van der Waals surface area contributed by atoms with E-state index in [9.17, 15) is 4.79 Å². The van der Waals surface area contributed by atoms with E-state index in [4.69, 9.17) is 9.97 Å². The van der Waals surface area contributed by atoms with Gasteiger partial charge >= 0.3 is 0 Å². The van der Waals surface area contributed by atoms with Gasteiger partial charge in [0.2, 0.25) is 11.9 Å². The summed E-state index contributed by atoms with van der Waals surface area (Å²) in [7, 11) is 0. The summed E-state index contributed by atoms with van der Waals surface area (Å²) in [6.07, 6.45) is 14.7. The molecule has 1 unspecified atom stereocenters. The molecule has 6 nitrogen and oxygen atoms in total. The van der Waals surface area contributed by atoms with Gasteiger partial charge in [0.1, 0.15) is 0 Å². The summed E-state index contributed by atoms with van der Waals surface area (Å²) in [5.74, 6) is 1.71. The van der Waals surface area contributed by atoms with Crippen LogP contribution >= 0.6 is 0 Å². The Morgan fingerprint density at radius 1 is 0.967 bits per heavy atom. The number of anilines is 1. The van der Waals surface area contributed by atoms with Gasteiger partial charge in [-0.2, -0.15) is 0 Å². The first-order chi connectivity index (χ1) is 14.8. The van der Waals surface area contributed by atoms with E-state index < -0.39 is 0 Å². The van der Waals surface area contributed by atoms with Crippen molar-refractivity contribution in [3.05, 3.63) is 36.4 Å². The van der Waals surface area contributed by atoms with Crippen LogP contribution in [0.1, 0.15) is 63.0 Å². The molecule has 0 radical (unpaired) electrons. The van der Waals surface area contributed by atoms with Gasteiger partial charge in [-0.3, -0.25) is 9.78 Å². The highest BCUT2D eigenvalue weighted by atomic mass is 16.2. The summed E-state index contributed by atoms with van der Waals surface area (Å²) in [5.41, 5.74) is 3.20. The average molecular weight is 406 g/mol. The van der Waals surface area contributed by atoms with Gasteiger partial charge in [0.15, 0.2) is 0 Å². The number of hydrogen-bond donors (Lipinski definition) is 0. The molecule has 0 N–H and O–H groups in total. The Hall–Kier alpha value is -2.50. The molecule has 1 atom stereocenters. The van der Waals surface area contributed by atoms with E-state index in [2.05, 4.69) is 20.9 Å². The topological polar surface area (TPSA) is 62.2 Å². The normalized spacial score (nSPS) is 22.6. The van der Waals surface area contributed by atoms with Crippen molar-refractivity contribution in [1.29, 1.82) is 0 Å². The maximum absolute atomic E-state index is 13.1. The second kappa shape index (κ2) is 8.70. The number of amides is 1. The van der Waals surface area contributed by atoms with Gasteiger partial charge in [-0.1, -0.05) is 18.9 Å². The summed E-state index contributed by atoms with van der Waals surface area (Å²) in [6, 6.07) is 4.04. The average Bonchev–Trinajstić information content (AvgIpc) is 3.53. The summed E-state index contributed by atoms with van der Waals surface area (Å²) >= 11 is 0. The van der Waals surface area contributed by atoms with Crippen molar-refractivity contribution in [2.45, 2.75) is 57.3 Å². The number of rotatable bonds is 4. The van der Waals surface area contributed by atoms with Crippen LogP contribution in [0.15, 0.2) is 30.7 Å². The molecule has 2 aromatic heterocycles. The highest BCUT2D eigenvalue weighted by Gasteiger charge is 2.33. The number of pyridine rings is 1. The second-order valence-electron chi connectivity index (χ2n) is 9.01. The number of hydrogen-bond acceptors (Lipinski definition) is 5. The van der Waals surface area contributed by atoms with Crippen LogP contribution in [0.3, 0.4) is 0 Å². The first-order valence-corrected chi connectivity index (χ1v) is 11.6. The van der Waals surface area contributed by atoms with Crippen molar-refractivity contribution in [1.82, 2.24) is 19.9 Å². The van der Waals surface area contributed by atoms with Crippen molar-refractivity contribution in [2.24, 2.45) is 5.92 Å². The Labute approximate surface area is 178 Å². The molecule has 2 aromatic rings. The van der Waals surface area contributed by atoms with Crippen molar-refractivity contribution in [2.75, 3.05) is 31.1 Å². The van der Waals surface area contributed by atoms with Gasteiger partial charge in [0, 0.05) is 67.7 Å². The van der Waals surface area contributed by atoms with Gasteiger partial charge in [0.25, 0.3) is 0 Å². The van der Waals surface area contributed by atoms with Crippen LogP contribution in [0, 0.1) is 5.92 Å². The standard InChI is InChI=1S/C24H31N5O/c30-23(18-7-1-2-8-18)29-14-6-10-20(17-29)22-21(19-9-5-11-25-15-19)16-26-24(27-22)28-12-3-4-13-28/h5,9,11,15-16,18,20H,1-4,6-8,10,12-14,17H2. The summed E-state index contributed by atoms with van der Waals surface area (Å²) in [6.45, 7) is 3.72. The molecule has 3 fully saturated rings. The Bertz CT molecular complexity index is 874. The van der Waals surface area contributed by atoms with Crippen LogP contribution in [-0.2, 0) is 4.79 Å². The molecule has 0 spiro atoms. The van der Waals surface area contributed by atoms with Gasteiger partial charge in [-0.15, -0.1) is 0 Å². The monoisotopic (exact) mass is 405 g/mol. The molecule has 1 aliphatic carbocycles. The summed E-state index contributed by atoms with van der Waals surface area (Å²) in [4.78, 5) is 31.6. The third-order valence-corrected chi connectivity index (χ3v) is 6.99. The van der Waals surface area contributed by atoms with E-state index in [0.717, 1.165) is 74.6 Å². The zero-order valence-electron chi connectivity index (χ0n) is 17.7. The minimum atomic E-state index is 0.243. The second-order valence-corrected chi connectivity index (χ2v) is 9.01. The molecule has 0 aromatic carbocycles. The van der Waals surface area contributed by atoms with E-state index in [1.807, 2.05) is 18.5 Å². The molecule has 6 heteroatoms. The van der Waals surface area contributed by atoms with Crippen LogP contribution in [0.25, 0.3) is 11.1 Å². The maximum Gasteiger partial charge on any atom is 0.225 e. The van der Waals surface area contributed by atoms with E-state index in [1.54, 1.807) is 6.20 Å². The number of aromatic nitrogens is 3. The molecular formula is C24H31N5O. The molecule has 158 valence electrons. The van der Waals surface area contributed by atoms with Crippen LogP contribution < -0.4 is 4.90 Å². The van der Waals surface area contributed by atoms with E-state index in [0.29, 0.717) is 5.91 Å². The van der Waals surface area contributed by atoms with Crippen molar-refractivity contribution >= 4 is 11.9 Å². The molecule has 4 heterocycles. The molecule has 3 aliphatic rings. The predicted molar refractivity (Wildman–Crippen MR) is 117 cm³/mol. The quantitative estimate of drug-likeness (QED) is 0.768. The molecule has 2 saturated heterocycles. The van der Waals surface area contributed by atoms with Crippen LogP contribution in [-0.4, -0.2) is 51.9 Å². The van der Waals surface area contributed by atoms with Crippen LogP contribution in [0.4, 0.5) is 5.95 Å². The minimum absolute atomic E-state index is 0.243. The Kier molecular flexibility index (Phi) is 5.65. The predicted octanol–water partition coefficient (Wildman–Crippen LogP) is 4.04. The van der Waals surface area contributed by atoms with E-state index in [-0.39, 0.29) is 11.8 Å². The fourth-order valence-electron chi connectivity index (χ4n) is 5.34. The minimum Gasteiger partial charge on any atom is -0.342 e. The van der Waals surface area contributed by atoms with E-state index in [1.165, 1.54) is 25.7 Å². The molecule has 1 saturated carbocycles. The van der Waals surface area contributed by atoms with Crippen molar-refractivity contribution < 1.29 is 4.79 Å². The SMILES string of the molecule is O=C(C1CCCC1)N1CCCC(c2nc(N3CCCC3)ncc2-c2cccnc2)C1. The maximum atomic E-state index is 13.1. The lowest BCUT2D eigenvalue weighted by molar-refractivity contribution is -0.136. The molecule has 1 amide bonds. The Morgan fingerprint density at radius 2 is 1.80 bits per heavy atom. The molecular weight excluding hydrogens is 374 g/mol. The van der Waals surface area contributed by atoms with Crippen molar-refractivity contribution in [3.8, 4) is 11.1 Å². The molecule has 0 bridgehead atoms. The lowest BCUT2D eigenvalue weighted by Crippen LogP contribution is -2.42. The number of carbonyl (C=O) groups excluding carboxylic acids is 1. The summed E-state index contributed by atoms with van der Waals surface area (Å²) < 4.78 is 0. The highest BCUT2D eigenvalue weighted by Crippen LogP contribution is 2.35. The zero-order chi connectivity index (χ0) is 20.3. The molecule has 5 rings (SSSR count). The van der Waals surface area contributed by atoms with Crippen LogP contribution in [0.5, 0.6) is 0 Å². The van der Waals surface area contributed by atoms with Gasteiger partial charge in [0.05, 0.1) is 5.69 Å². The van der Waals surface area contributed by atoms with Crippen molar-refractivity contribution in [3.63, 3.8) is 0 Å². The molecule has 30 heavy (non-hydrogen) atoms. The largest absolute Gasteiger partial charge is 0.342 e. The third kappa shape index (κ3) is 3.92. The van der Waals surface area contributed by atoms with Crippen LogP contribution in [0.2, 0.25) is 0 Å². The number of likely N-dealkylation sites (tertiary alicyclic amines) is 1. The van der Waals surface area contributed by atoms with Gasteiger partial charge in [-0.05, 0) is 44.6 Å². The Morgan fingerprint density at radius 3 is 2.57 bits per heavy atom. The smallest absolute Gasteiger partial charge is 0.225 e. The first-order valence-electron chi connectivity index (χ1n) is 11.6. The van der Waals surface area contributed by atoms with Gasteiger partial charge < -0.3 is 9.80 Å². The molecule has 2 aliphatic heterocycles. The number of carbonyl (C=O) groups is 1. The highest BCUT2D eigenvalue weighted by molar-refractivity contribution is 5.79. The fourth-order valence-corrected chi connectivity index (χ4v) is 5.34. The number of piperidine rings is 1. The zero-order valence-corrected chi connectivity index (χ0v) is 17.7. The fraction of sp³-hybridized carbons (Fsp3) is 0.583. The Balaban J connectivity index is 1.45. The lowest BCUT2D eigenvalue weighted by atomic mass is 9.89. The number of nitrogens with zero attached hydrogens (tertiary/aromatic N) is 5. The van der Waals surface area contributed by atoms with Gasteiger partial charge in [-0.25, -0.2) is 9.97 Å². The third-order valence-electron chi connectivity index (χ3n) is 6.99. The summed E-state index contributed by atoms with van der Waals surface area (Å²) in [5, 5.41) is 0. The lowest BCUT2D eigenvalue weighted by Gasteiger charge is -2.35. The van der Waals surface area contributed by atoms with E-state index >= 15 is 0 Å².